The molecule has 4 bridgehead atoms. The normalized spacial score (nSPS) is 31.2. The van der Waals surface area contributed by atoms with Crippen molar-refractivity contribution < 1.29 is 9.59 Å². The average Bonchev–Trinajstić information content (AvgIpc) is 3.01. The summed E-state index contributed by atoms with van der Waals surface area (Å²) in [5, 5.41) is 1.52. The van der Waals surface area contributed by atoms with Crippen molar-refractivity contribution in [3.05, 3.63) is 35.0 Å². The van der Waals surface area contributed by atoms with Crippen LogP contribution in [0, 0.1) is 23.2 Å². The molecule has 1 aromatic heterocycles. The molecule has 0 aliphatic heterocycles. The van der Waals surface area contributed by atoms with Crippen LogP contribution in [0.4, 0.5) is 0 Å². The maximum absolute atomic E-state index is 12.5. The maximum atomic E-state index is 12.5. The first kappa shape index (κ1) is 17.1. The molecule has 0 atom stereocenters. The number of rotatable bonds is 3. The summed E-state index contributed by atoms with van der Waals surface area (Å²) in [4.78, 5) is 27.9. The fraction of sp³-hybridized carbons (Fsp3) is 0.524. The van der Waals surface area contributed by atoms with Gasteiger partial charge >= 0.3 is 0 Å². The van der Waals surface area contributed by atoms with Gasteiger partial charge in [0, 0.05) is 22.3 Å². The Morgan fingerprint density at radius 1 is 1.04 bits per heavy atom. The van der Waals surface area contributed by atoms with E-state index >= 15 is 0 Å². The van der Waals surface area contributed by atoms with Gasteiger partial charge in [0.05, 0.1) is 0 Å². The Morgan fingerprint density at radius 2 is 1.70 bits per heavy atom. The molecule has 1 aromatic carbocycles. The summed E-state index contributed by atoms with van der Waals surface area (Å²) in [5.74, 6) is 2.02. The Labute approximate surface area is 163 Å². The van der Waals surface area contributed by atoms with Crippen LogP contribution in [-0.2, 0) is 4.79 Å². The van der Waals surface area contributed by atoms with Gasteiger partial charge in [0.25, 0.3) is 5.91 Å². The Hall–Kier alpha value is -2.01. The lowest BCUT2D eigenvalue weighted by atomic mass is 9.49. The van der Waals surface area contributed by atoms with Crippen LogP contribution in [0.25, 0.3) is 10.9 Å². The number of benzene rings is 1. The van der Waals surface area contributed by atoms with Gasteiger partial charge in [0.15, 0.2) is 0 Å². The fourth-order valence-corrected chi connectivity index (χ4v) is 6.48. The first-order valence-electron chi connectivity index (χ1n) is 9.85. The molecule has 4 aliphatic rings. The molecule has 27 heavy (non-hydrogen) atoms. The maximum Gasteiger partial charge on any atom is 0.286 e. The SMILES string of the molecule is O=C(CC12CC3CC(CC(C3)C1)C2)NNC(=O)c1cc2ccc(Cl)cc2[nH]1. The van der Waals surface area contributed by atoms with Crippen molar-refractivity contribution in [3.8, 4) is 0 Å². The summed E-state index contributed by atoms with van der Waals surface area (Å²) in [7, 11) is 0. The second-order valence-electron chi connectivity index (χ2n) is 9.01. The molecular weight excluding hydrogens is 362 g/mol. The molecule has 3 N–H and O–H groups in total. The van der Waals surface area contributed by atoms with Crippen molar-refractivity contribution in [2.24, 2.45) is 23.2 Å². The van der Waals surface area contributed by atoms with Gasteiger partial charge in [0.2, 0.25) is 5.91 Å². The molecule has 1 heterocycles. The predicted octanol–water partition coefficient (Wildman–Crippen LogP) is 4.19. The predicted molar refractivity (Wildman–Crippen MR) is 104 cm³/mol. The van der Waals surface area contributed by atoms with Crippen LogP contribution in [0.15, 0.2) is 24.3 Å². The molecule has 2 aromatic rings. The fourth-order valence-electron chi connectivity index (χ4n) is 6.31. The molecule has 6 rings (SSSR count). The zero-order chi connectivity index (χ0) is 18.6. The summed E-state index contributed by atoms with van der Waals surface area (Å²) in [6.07, 6.45) is 8.17. The average molecular weight is 386 g/mol. The van der Waals surface area contributed by atoms with Crippen LogP contribution in [0.2, 0.25) is 5.02 Å². The number of amides is 2. The van der Waals surface area contributed by atoms with E-state index in [9.17, 15) is 9.59 Å². The summed E-state index contributed by atoms with van der Waals surface area (Å²) in [5.41, 5.74) is 6.55. The van der Waals surface area contributed by atoms with Gasteiger partial charge in [-0.15, -0.1) is 0 Å². The van der Waals surface area contributed by atoms with Gasteiger partial charge in [-0.05, 0) is 79.9 Å². The molecule has 6 heteroatoms. The van der Waals surface area contributed by atoms with Crippen LogP contribution in [-0.4, -0.2) is 16.8 Å². The van der Waals surface area contributed by atoms with Gasteiger partial charge in [-0.1, -0.05) is 17.7 Å². The Balaban J connectivity index is 1.21. The van der Waals surface area contributed by atoms with Crippen molar-refractivity contribution >= 4 is 34.3 Å². The molecule has 5 nitrogen and oxygen atoms in total. The molecule has 2 amide bonds. The van der Waals surface area contributed by atoms with Gasteiger partial charge in [-0.25, -0.2) is 0 Å². The Morgan fingerprint density at radius 3 is 2.37 bits per heavy atom. The highest BCUT2D eigenvalue weighted by molar-refractivity contribution is 6.31. The van der Waals surface area contributed by atoms with E-state index in [2.05, 4.69) is 15.8 Å². The molecule has 142 valence electrons. The van der Waals surface area contributed by atoms with Crippen molar-refractivity contribution in [1.82, 2.24) is 15.8 Å². The number of fused-ring (bicyclic) bond motifs is 1. The number of H-pyrrole nitrogens is 1. The van der Waals surface area contributed by atoms with Crippen LogP contribution in [0.5, 0.6) is 0 Å². The largest absolute Gasteiger partial charge is 0.350 e. The van der Waals surface area contributed by atoms with Gasteiger partial charge in [-0.3, -0.25) is 20.4 Å². The zero-order valence-electron chi connectivity index (χ0n) is 15.2. The van der Waals surface area contributed by atoms with Crippen molar-refractivity contribution in [2.45, 2.75) is 44.9 Å². The van der Waals surface area contributed by atoms with Crippen molar-refractivity contribution in [3.63, 3.8) is 0 Å². The van der Waals surface area contributed by atoms with E-state index in [0.29, 0.717) is 17.1 Å². The van der Waals surface area contributed by atoms with E-state index in [4.69, 9.17) is 11.6 Å². The van der Waals surface area contributed by atoms with E-state index in [-0.39, 0.29) is 17.2 Å². The summed E-state index contributed by atoms with van der Waals surface area (Å²) in [6.45, 7) is 0. The lowest BCUT2D eigenvalue weighted by molar-refractivity contribution is -0.130. The topological polar surface area (TPSA) is 74.0 Å². The molecule has 0 unspecified atom stereocenters. The number of aromatic amines is 1. The number of hydrogen-bond donors (Lipinski definition) is 3. The van der Waals surface area contributed by atoms with E-state index in [1.807, 2.05) is 6.07 Å². The van der Waals surface area contributed by atoms with Gasteiger partial charge in [0.1, 0.15) is 5.69 Å². The van der Waals surface area contributed by atoms with E-state index in [1.54, 1.807) is 18.2 Å². The van der Waals surface area contributed by atoms with Gasteiger partial charge < -0.3 is 4.98 Å². The summed E-state index contributed by atoms with van der Waals surface area (Å²) in [6, 6.07) is 7.18. The standard InChI is InChI=1S/C21H24ClN3O2/c22-16-2-1-15-6-18(23-17(15)7-16)20(27)25-24-19(26)11-21-8-12-3-13(9-21)5-14(4-12)10-21/h1-2,6-7,12-14,23H,3-5,8-11H2,(H,24,26)(H,25,27). The highest BCUT2D eigenvalue weighted by Gasteiger charge is 2.51. The van der Waals surface area contributed by atoms with Crippen molar-refractivity contribution in [1.29, 1.82) is 0 Å². The molecular formula is C21H24ClN3O2. The summed E-state index contributed by atoms with van der Waals surface area (Å²) < 4.78 is 0. The molecule has 0 saturated heterocycles. The number of aromatic nitrogens is 1. The smallest absolute Gasteiger partial charge is 0.286 e. The van der Waals surface area contributed by atoms with E-state index in [1.165, 1.54) is 38.5 Å². The lowest BCUT2D eigenvalue weighted by Gasteiger charge is -2.56. The molecule has 4 aliphatic carbocycles. The monoisotopic (exact) mass is 385 g/mol. The van der Waals surface area contributed by atoms with Crippen molar-refractivity contribution in [2.75, 3.05) is 0 Å². The summed E-state index contributed by atoms with van der Waals surface area (Å²) >= 11 is 5.98. The molecule has 4 fully saturated rings. The van der Waals surface area contributed by atoms with E-state index in [0.717, 1.165) is 28.7 Å². The van der Waals surface area contributed by atoms with Crippen LogP contribution >= 0.6 is 11.6 Å². The third kappa shape index (κ3) is 3.22. The molecule has 4 saturated carbocycles. The number of carbonyl (C=O) groups is 2. The number of halogens is 1. The quantitative estimate of drug-likeness (QED) is 0.693. The van der Waals surface area contributed by atoms with E-state index < -0.39 is 0 Å². The number of hydrazine groups is 1. The van der Waals surface area contributed by atoms with Crippen LogP contribution in [0.1, 0.15) is 55.4 Å². The second-order valence-corrected chi connectivity index (χ2v) is 9.45. The third-order valence-corrected chi connectivity index (χ3v) is 7.08. The Bertz CT molecular complexity index is 884. The van der Waals surface area contributed by atoms with Crippen LogP contribution < -0.4 is 10.9 Å². The highest BCUT2D eigenvalue weighted by Crippen LogP contribution is 2.61. The third-order valence-electron chi connectivity index (χ3n) is 6.85. The molecule has 0 spiro atoms. The van der Waals surface area contributed by atoms with Crippen LogP contribution in [0.3, 0.4) is 0 Å². The number of hydrogen-bond acceptors (Lipinski definition) is 2. The van der Waals surface area contributed by atoms with Gasteiger partial charge in [-0.2, -0.15) is 0 Å². The minimum Gasteiger partial charge on any atom is -0.350 e. The number of nitrogens with one attached hydrogen (secondary N) is 3. The molecule has 0 radical (unpaired) electrons. The second kappa shape index (κ2) is 6.26. The highest BCUT2D eigenvalue weighted by atomic mass is 35.5. The first-order valence-corrected chi connectivity index (χ1v) is 10.2. The minimum absolute atomic E-state index is 0.0792. The Kier molecular flexibility index (Phi) is 3.97. The lowest BCUT2D eigenvalue weighted by Crippen LogP contribution is -2.50. The number of carbonyl (C=O) groups excluding carboxylic acids is 2. The minimum atomic E-state index is -0.346. The first-order chi connectivity index (χ1) is 13.0. The zero-order valence-corrected chi connectivity index (χ0v) is 15.9.